The quantitative estimate of drug-likeness (QED) is 0.814. The van der Waals surface area contributed by atoms with Gasteiger partial charge in [0, 0.05) is 19.1 Å². The summed E-state index contributed by atoms with van der Waals surface area (Å²) in [7, 11) is 0. The Balaban J connectivity index is 1.25. The van der Waals surface area contributed by atoms with Crippen molar-refractivity contribution in [3.8, 4) is 0 Å². The first-order valence-corrected chi connectivity index (χ1v) is 9.76. The Labute approximate surface area is 139 Å². The lowest BCUT2D eigenvalue weighted by molar-refractivity contribution is -0.138. The van der Waals surface area contributed by atoms with Crippen molar-refractivity contribution in [2.75, 3.05) is 13.1 Å². The van der Waals surface area contributed by atoms with Crippen LogP contribution in [0.15, 0.2) is 0 Å². The fourth-order valence-corrected chi connectivity index (χ4v) is 5.76. The van der Waals surface area contributed by atoms with Crippen molar-refractivity contribution in [3.05, 3.63) is 0 Å². The zero-order chi connectivity index (χ0) is 15.8. The van der Waals surface area contributed by atoms with Gasteiger partial charge in [-0.3, -0.25) is 9.59 Å². The fourth-order valence-electron chi connectivity index (χ4n) is 5.76. The minimum Gasteiger partial charge on any atom is -0.353 e. The molecule has 4 heteroatoms. The molecule has 4 rings (SSSR count). The first kappa shape index (κ1) is 15.5. The second-order valence-electron chi connectivity index (χ2n) is 8.46. The van der Waals surface area contributed by atoms with E-state index in [1.165, 1.54) is 44.9 Å². The molecule has 4 nitrogen and oxygen atoms in total. The molecule has 23 heavy (non-hydrogen) atoms. The van der Waals surface area contributed by atoms with Crippen LogP contribution in [0, 0.1) is 23.7 Å². The van der Waals surface area contributed by atoms with E-state index in [0.29, 0.717) is 17.9 Å². The Kier molecular flexibility index (Phi) is 4.33. The summed E-state index contributed by atoms with van der Waals surface area (Å²) in [6.07, 6.45) is 11.5. The zero-order valence-corrected chi connectivity index (χ0v) is 14.1. The van der Waals surface area contributed by atoms with Gasteiger partial charge in [-0.05, 0) is 55.8 Å². The number of hydrogen-bond donors (Lipinski definition) is 1. The van der Waals surface area contributed by atoms with Gasteiger partial charge in [-0.1, -0.05) is 25.7 Å². The van der Waals surface area contributed by atoms with E-state index in [1.807, 2.05) is 4.90 Å². The predicted molar refractivity (Wildman–Crippen MR) is 88.6 cm³/mol. The van der Waals surface area contributed by atoms with Gasteiger partial charge in [-0.25, -0.2) is 0 Å². The number of amides is 2. The molecule has 0 spiro atoms. The minimum atomic E-state index is -0.0432. The van der Waals surface area contributed by atoms with Crippen LogP contribution in [0.2, 0.25) is 0 Å². The summed E-state index contributed by atoms with van der Waals surface area (Å²) in [6.45, 7) is 1.76. The van der Waals surface area contributed by atoms with Gasteiger partial charge in [0.25, 0.3) is 0 Å². The lowest BCUT2D eigenvalue weighted by atomic mass is 9.75. The standard InChI is InChI=1S/C19H30N2O2/c22-18(20-17-10-13-5-6-15(17)9-13)11-19(23)21-8-7-14-3-1-2-4-16(14)12-21/h13-17H,1-12H2,(H,20,22). The van der Waals surface area contributed by atoms with E-state index in [-0.39, 0.29) is 18.2 Å². The van der Waals surface area contributed by atoms with Crippen molar-refractivity contribution in [3.63, 3.8) is 0 Å². The van der Waals surface area contributed by atoms with Crippen molar-refractivity contribution < 1.29 is 9.59 Å². The summed E-state index contributed by atoms with van der Waals surface area (Å²) in [5.41, 5.74) is 0. The van der Waals surface area contributed by atoms with Crippen LogP contribution in [0.1, 0.15) is 64.2 Å². The Morgan fingerprint density at radius 3 is 2.48 bits per heavy atom. The third-order valence-corrected chi connectivity index (χ3v) is 7.04. The Morgan fingerprint density at radius 2 is 1.74 bits per heavy atom. The third kappa shape index (κ3) is 3.27. The van der Waals surface area contributed by atoms with Crippen molar-refractivity contribution in [1.29, 1.82) is 0 Å². The van der Waals surface area contributed by atoms with Crippen molar-refractivity contribution >= 4 is 11.8 Å². The van der Waals surface area contributed by atoms with Gasteiger partial charge in [0.2, 0.25) is 11.8 Å². The Hall–Kier alpha value is -1.06. The molecular weight excluding hydrogens is 288 g/mol. The third-order valence-electron chi connectivity index (χ3n) is 7.04. The van der Waals surface area contributed by atoms with Crippen LogP contribution in [0.3, 0.4) is 0 Å². The largest absolute Gasteiger partial charge is 0.353 e. The fraction of sp³-hybridized carbons (Fsp3) is 0.895. The maximum absolute atomic E-state index is 12.5. The molecule has 0 aromatic carbocycles. The summed E-state index contributed by atoms with van der Waals surface area (Å²) in [6, 6.07) is 0.345. The molecule has 128 valence electrons. The molecule has 0 radical (unpaired) electrons. The molecule has 1 aliphatic heterocycles. The SMILES string of the molecule is O=C(CC(=O)N1CCC2CCCCC2C1)NC1CC2CCC1C2. The van der Waals surface area contributed by atoms with E-state index >= 15 is 0 Å². The molecule has 4 aliphatic rings. The second-order valence-corrected chi connectivity index (χ2v) is 8.46. The molecular formula is C19H30N2O2. The van der Waals surface area contributed by atoms with E-state index in [9.17, 15) is 9.59 Å². The number of hydrogen-bond acceptors (Lipinski definition) is 2. The molecule has 0 aromatic rings. The monoisotopic (exact) mass is 318 g/mol. The van der Waals surface area contributed by atoms with Crippen molar-refractivity contribution in [1.82, 2.24) is 10.2 Å². The highest BCUT2D eigenvalue weighted by Gasteiger charge is 2.40. The van der Waals surface area contributed by atoms with E-state index in [2.05, 4.69) is 5.32 Å². The van der Waals surface area contributed by atoms with Crippen LogP contribution in [0.5, 0.6) is 0 Å². The molecule has 5 unspecified atom stereocenters. The summed E-state index contributed by atoms with van der Waals surface area (Å²) in [5.74, 6) is 3.03. The molecule has 3 saturated carbocycles. The predicted octanol–water partition coefficient (Wildman–Crippen LogP) is 2.72. The number of likely N-dealkylation sites (tertiary alicyclic amines) is 1. The highest BCUT2D eigenvalue weighted by Crippen LogP contribution is 2.44. The smallest absolute Gasteiger partial charge is 0.232 e. The van der Waals surface area contributed by atoms with Gasteiger partial charge in [0.15, 0.2) is 0 Å². The number of rotatable bonds is 3. The van der Waals surface area contributed by atoms with Gasteiger partial charge >= 0.3 is 0 Å². The van der Waals surface area contributed by atoms with Gasteiger partial charge in [-0.15, -0.1) is 0 Å². The Morgan fingerprint density at radius 1 is 0.913 bits per heavy atom. The molecule has 3 aliphatic carbocycles. The number of nitrogens with one attached hydrogen (secondary N) is 1. The Bertz CT molecular complexity index is 478. The molecule has 1 heterocycles. The number of piperidine rings is 1. The van der Waals surface area contributed by atoms with Crippen LogP contribution in [0.25, 0.3) is 0 Å². The van der Waals surface area contributed by atoms with Crippen LogP contribution in [-0.2, 0) is 9.59 Å². The molecule has 4 fully saturated rings. The second kappa shape index (κ2) is 6.45. The van der Waals surface area contributed by atoms with E-state index in [4.69, 9.17) is 0 Å². The van der Waals surface area contributed by atoms with Crippen LogP contribution in [0.4, 0.5) is 0 Å². The highest BCUT2D eigenvalue weighted by molar-refractivity contribution is 5.97. The summed E-state index contributed by atoms with van der Waals surface area (Å²) >= 11 is 0. The molecule has 0 aromatic heterocycles. The molecule has 1 N–H and O–H groups in total. The first-order chi connectivity index (χ1) is 11.2. The maximum atomic E-state index is 12.5. The molecule has 2 bridgehead atoms. The molecule has 5 atom stereocenters. The lowest BCUT2D eigenvalue weighted by Crippen LogP contribution is -2.47. The van der Waals surface area contributed by atoms with Crippen LogP contribution >= 0.6 is 0 Å². The van der Waals surface area contributed by atoms with Crippen LogP contribution in [-0.4, -0.2) is 35.8 Å². The van der Waals surface area contributed by atoms with Crippen molar-refractivity contribution in [2.24, 2.45) is 23.7 Å². The minimum absolute atomic E-state index is 0.0432. The van der Waals surface area contributed by atoms with E-state index in [0.717, 1.165) is 37.8 Å². The summed E-state index contributed by atoms with van der Waals surface area (Å²) in [4.78, 5) is 26.7. The summed E-state index contributed by atoms with van der Waals surface area (Å²) < 4.78 is 0. The average molecular weight is 318 g/mol. The van der Waals surface area contributed by atoms with Crippen LogP contribution < -0.4 is 5.32 Å². The van der Waals surface area contributed by atoms with E-state index < -0.39 is 0 Å². The first-order valence-electron chi connectivity index (χ1n) is 9.76. The average Bonchev–Trinajstić information content (AvgIpc) is 3.17. The maximum Gasteiger partial charge on any atom is 0.232 e. The van der Waals surface area contributed by atoms with E-state index in [1.54, 1.807) is 0 Å². The van der Waals surface area contributed by atoms with Gasteiger partial charge < -0.3 is 10.2 Å². The number of fused-ring (bicyclic) bond motifs is 3. The number of carbonyl (C=O) groups excluding carboxylic acids is 2. The van der Waals surface area contributed by atoms with Gasteiger partial charge in [0.1, 0.15) is 6.42 Å². The topological polar surface area (TPSA) is 49.4 Å². The van der Waals surface area contributed by atoms with Gasteiger partial charge in [0.05, 0.1) is 0 Å². The van der Waals surface area contributed by atoms with Gasteiger partial charge in [-0.2, -0.15) is 0 Å². The number of nitrogens with zero attached hydrogens (tertiary/aromatic N) is 1. The zero-order valence-electron chi connectivity index (χ0n) is 14.1. The number of carbonyl (C=O) groups is 2. The molecule has 1 saturated heterocycles. The summed E-state index contributed by atoms with van der Waals surface area (Å²) in [5, 5.41) is 3.15. The van der Waals surface area contributed by atoms with Crippen molar-refractivity contribution in [2.45, 2.75) is 70.3 Å². The normalized spacial score (nSPS) is 39.1. The lowest BCUT2D eigenvalue weighted by Gasteiger charge is -2.41. The molecule has 2 amide bonds. The highest BCUT2D eigenvalue weighted by atomic mass is 16.2.